The van der Waals surface area contributed by atoms with Crippen molar-refractivity contribution in [3.05, 3.63) is 35.9 Å². The number of carbonyl (C=O) groups is 4. The predicted molar refractivity (Wildman–Crippen MR) is 90.0 cm³/mol. The number of ketones is 1. The summed E-state index contributed by atoms with van der Waals surface area (Å²) in [6.07, 6.45) is 0.170. The Morgan fingerprint density at radius 2 is 1.92 bits per heavy atom. The van der Waals surface area contributed by atoms with Crippen LogP contribution >= 0.6 is 0 Å². The maximum absolute atomic E-state index is 12.8. The van der Waals surface area contributed by atoms with Gasteiger partial charge in [-0.15, -0.1) is 0 Å². The molecule has 1 aliphatic heterocycles. The van der Waals surface area contributed by atoms with Gasteiger partial charge in [0, 0.05) is 24.7 Å². The molecular formula is C19H21NO6. The van der Waals surface area contributed by atoms with E-state index in [1.54, 1.807) is 44.2 Å². The molecule has 1 aliphatic carbocycles. The summed E-state index contributed by atoms with van der Waals surface area (Å²) in [4.78, 5) is 49.9. The minimum absolute atomic E-state index is 0.0567. The van der Waals surface area contributed by atoms with Gasteiger partial charge in [0.25, 0.3) is 5.91 Å². The highest BCUT2D eigenvalue weighted by Gasteiger charge is 2.65. The third-order valence-electron chi connectivity index (χ3n) is 5.18. The third kappa shape index (κ3) is 2.87. The van der Waals surface area contributed by atoms with Crippen molar-refractivity contribution in [2.75, 3.05) is 6.61 Å². The van der Waals surface area contributed by atoms with Gasteiger partial charge in [-0.1, -0.05) is 25.1 Å². The monoisotopic (exact) mass is 359 g/mol. The van der Waals surface area contributed by atoms with Gasteiger partial charge in [-0.05, 0) is 19.1 Å². The van der Waals surface area contributed by atoms with Crippen LogP contribution in [-0.2, 0) is 23.9 Å². The van der Waals surface area contributed by atoms with E-state index in [0.29, 0.717) is 5.56 Å². The summed E-state index contributed by atoms with van der Waals surface area (Å²) in [5.74, 6) is -3.29. The molecule has 1 saturated carbocycles. The van der Waals surface area contributed by atoms with Crippen LogP contribution in [0.1, 0.15) is 37.0 Å². The van der Waals surface area contributed by atoms with Gasteiger partial charge in [-0.3, -0.25) is 9.59 Å². The molecule has 2 fully saturated rings. The number of hydrogen-bond acceptors (Lipinski definition) is 6. The minimum Gasteiger partial charge on any atom is -0.464 e. The second kappa shape index (κ2) is 6.90. The average molecular weight is 359 g/mol. The van der Waals surface area contributed by atoms with Crippen molar-refractivity contribution < 1.29 is 28.7 Å². The van der Waals surface area contributed by atoms with Crippen molar-refractivity contribution in [2.45, 2.75) is 38.3 Å². The van der Waals surface area contributed by atoms with Gasteiger partial charge in [-0.2, -0.15) is 0 Å². The van der Waals surface area contributed by atoms with Crippen LogP contribution in [0.15, 0.2) is 30.3 Å². The molecule has 1 amide bonds. The molecule has 1 aromatic carbocycles. The Morgan fingerprint density at radius 3 is 2.58 bits per heavy atom. The lowest BCUT2D eigenvalue weighted by atomic mass is 9.68. The number of esters is 2. The minimum atomic E-state index is -1.54. The molecule has 0 bridgehead atoms. The molecule has 7 nitrogen and oxygen atoms in total. The Morgan fingerprint density at radius 1 is 1.23 bits per heavy atom. The van der Waals surface area contributed by atoms with Crippen LogP contribution in [0.4, 0.5) is 0 Å². The fourth-order valence-corrected chi connectivity index (χ4v) is 3.88. The number of benzene rings is 1. The molecule has 0 spiro atoms. The quantitative estimate of drug-likeness (QED) is 0.813. The number of rotatable bonds is 4. The molecule has 1 heterocycles. The molecule has 138 valence electrons. The lowest BCUT2D eigenvalue weighted by molar-refractivity contribution is -0.155. The zero-order valence-electron chi connectivity index (χ0n) is 14.7. The predicted octanol–water partition coefficient (Wildman–Crippen LogP) is 1.26. The maximum Gasteiger partial charge on any atom is 0.339 e. The molecule has 2 aliphatic rings. The molecule has 0 radical (unpaired) electrons. The smallest absolute Gasteiger partial charge is 0.339 e. The van der Waals surface area contributed by atoms with Gasteiger partial charge in [-0.25, -0.2) is 9.59 Å². The Labute approximate surface area is 151 Å². The van der Waals surface area contributed by atoms with E-state index in [0.717, 1.165) is 0 Å². The summed E-state index contributed by atoms with van der Waals surface area (Å²) in [7, 11) is 0. The Kier molecular flexibility index (Phi) is 4.80. The van der Waals surface area contributed by atoms with Crippen LogP contribution < -0.4 is 5.32 Å². The maximum atomic E-state index is 12.8. The second-order valence-corrected chi connectivity index (χ2v) is 6.63. The van der Waals surface area contributed by atoms with Crippen molar-refractivity contribution in [1.82, 2.24) is 5.32 Å². The van der Waals surface area contributed by atoms with Crippen molar-refractivity contribution in [3.8, 4) is 0 Å². The molecule has 4 unspecified atom stereocenters. The molecule has 1 saturated heterocycles. The molecular weight excluding hydrogens is 338 g/mol. The Balaban J connectivity index is 1.96. The number of nitrogens with one attached hydrogen (secondary N) is 1. The summed E-state index contributed by atoms with van der Waals surface area (Å²) in [5, 5.41) is 2.59. The summed E-state index contributed by atoms with van der Waals surface area (Å²) in [6, 6.07) is 7.30. The second-order valence-electron chi connectivity index (χ2n) is 6.63. The van der Waals surface area contributed by atoms with E-state index in [1.165, 1.54) is 0 Å². The highest BCUT2D eigenvalue weighted by Crippen LogP contribution is 2.45. The number of amides is 1. The standard InChI is InChI=1S/C19H21NO6/c1-3-25-17(23)15-14-11(2)13(21)9-10-19(14,18(24)20-15)26-16(22)12-7-5-4-6-8-12/h4-8,11,14-15H,3,9-10H2,1-2H3,(H,20,24). The van der Waals surface area contributed by atoms with E-state index in [4.69, 9.17) is 9.47 Å². The third-order valence-corrected chi connectivity index (χ3v) is 5.18. The van der Waals surface area contributed by atoms with E-state index >= 15 is 0 Å². The molecule has 4 atom stereocenters. The lowest BCUT2D eigenvalue weighted by Gasteiger charge is -2.39. The van der Waals surface area contributed by atoms with Gasteiger partial charge in [0.05, 0.1) is 12.2 Å². The van der Waals surface area contributed by atoms with E-state index in [-0.39, 0.29) is 25.2 Å². The molecule has 26 heavy (non-hydrogen) atoms. The summed E-state index contributed by atoms with van der Waals surface area (Å²) >= 11 is 0. The van der Waals surface area contributed by atoms with Crippen LogP contribution in [0, 0.1) is 11.8 Å². The summed E-state index contributed by atoms with van der Waals surface area (Å²) in [5.41, 5.74) is -1.24. The van der Waals surface area contributed by atoms with Crippen LogP contribution in [0.2, 0.25) is 0 Å². The zero-order chi connectivity index (χ0) is 18.9. The highest BCUT2D eigenvalue weighted by atomic mass is 16.6. The Hall–Kier alpha value is -2.70. The summed E-state index contributed by atoms with van der Waals surface area (Å²) in [6.45, 7) is 3.47. The summed E-state index contributed by atoms with van der Waals surface area (Å²) < 4.78 is 10.7. The lowest BCUT2D eigenvalue weighted by Crippen LogP contribution is -2.54. The van der Waals surface area contributed by atoms with Crippen LogP contribution in [0.3, 0.4) is 0 Å². The Bertz CT molecular complexity index is 746. The van der Waals surface area contributed by atoms with Crippen molar-refractivity contribution in [1.29, 1.82) is 0 Å². The first-order valence-corrected chi connectivity index (χ1v) is 8.69. The molecule has 3 rings (SSSR count). The number of ether oxygens (including phenoxy) is 2. The van der Waals surface area contributed by atoms with Gasteiger partial charge in [0.15, 0.2) is 5.60 Å². The number of hydrogen-bond donors (Lipinski definition) is 1. The van der Waals surface area contributed by atoms with Crippen LogP contribution in [-0.4, -0.2) is 41.9 Å². The van der Waals surface area contributed by atoms with Gasteiger partial charge < -0.3 is 14.8 Å². The van der Waals surface area contributed by atoms with E-state index in [9.17, 15) is 19.2 Å². The SMILES string of the molecule is CCOC(=O)C1NC(=O)C2(OC(=O)c3ccccc3)CCC(=O)C(C)C12. The van der Waals surface area contributed by atoms with Crippen molar-refractivity contribution >= 4 is 23.6 Å². The van der Waals surface area contributed by atoms with Gasteiger partial charge in [0.1, 0.15) is 11.8 Å². The average Bonchev–Trinajstić information content (AvgIpc) is 2.93. The van der Waals surface area contributed by atoms with Gasteiger partial charge in [0.2, 0.25) is 0 Å². The first-order chi connectivity index (χ1) is 12.4. The van der Waals surface area contributed by atoms with E-state index < -0.39 is 41.3 Å². The molecule has 7 heteroatoms. The topological polar surface area (TPSA) is 98.8 Å². The fraction of sp³-hybridized carbons (Fsp3) is 0.474. The van der Waals surface area contributed by atoms with Crippen molar-refractivity contribution in [3.63, 3.8) is 0 Å². The number of fused-ring (bicyclic) bond motifs is 1. The largest absolute Gasteiger partial charge is 0.464 e. The molecule has 0 aromatic heterocycles. The first-order valence-electron chi connectivity index (χ1n) is 8.69. The van der Waals surface area contributed by atoms with E-state index in [1.807, 2.05) is 0 Å². The molecule has 1 aromatic rings. The van der Waals surface area contributed by atoms with Crippen LogP contribution in [0.5, 0.6) is 0 Å². The normalized spacial score (nSPS) is 30.3. The number of Topliss-reactive ketones (excluding diaryl/α,β-unsaturated/α-hetero) is 1. The van der Waals surface area contributed by atoms with E-state index in [2.05, 4.69) is 5.32 Å². The fourth-order valence-electron chi connectivity index (χ4n) is 3.88. The zero-order valence-corrected chi connectivity index (χ0v) is 14.7. The molecule has 1 N–H and O–H groups in total. The van der Waals surface area contributed by atoms with Crippen molar-refractivity contribution in [2.24, 2.45) is 11.8 Å². The number of carbonyl (C=O) groups excluding carboxylic acids is 4. The highest BCUT2D eigenvalue weighted by molar-refractivity contribution is 6.01. The van der Waals surface area contributed by atoms with Gasteiger partial charge >= 0.3 is 11.9 Å². The first kappa shape index (κ1) is 18.1. The van der Waals surface area contributed by atoms with Crippen LogP contribution in [0.25, 0.3) is 0 Å².